The summed E-state index contributed by atoms with van der Waals surface area (Å²) in [4.78, 5) is 11.3. The average molecular weight is 177 g/mol. The minimum absolute atomic E-state index is 0.184. The Bertz CT molecular complexity index is 335. The molecule has 0 bridgehead atoms. The number of hydrogen-bond donors (Lipinski definition) is 1. The minimum atomic E-state index is -0.184. The highest BCUT2D eigenvalue weighted by Gasteiger charge is 2.06. The van der Waals surface area contributed by atoms with E-state index in [1.807, 2.05) is 0 Å². The molecule has 0 atom stereocenters. The van der Waals surface area contributed by atoms with Crippen LogP contribution in [0.25, 0.3) is 0 Å². The van der Waals surface area contributed by atoms with E-state index in [4.69, 9.17) is 6.42 Å². The zero-order valence-corrected chi connectivity index (χ0v) is 7.45. The van der Waals surface area contributed by atoms with Gasteiger partial charge >= 0.3 is 0 Å². The molecule has 4 heteroatoms. The van der Waals surface area contributed by atoms with E-state index in [2.05, 4.69) is 16.3 Å². The smallest absolute Gasteiger partial charge is 0.271 e. The maximum Gasteiger partial charge on any atom is 0.271 e. The molecule has 0 unspecified atom stereocenters. The Morgan fingerprint density at radius 3 is 3.15 bits per heavy atom. The van der Waals surface area contributed by atoms with Crippen LogP contribution in [-0.2, 0) is 7.05 Å². The van der Waals surface area contributed by atoms with Gasteiger partial charge in [0.25, 0.3) is 5.91 Å². The highest BCUT2D eigenvalue weighted by molar-refractivity contribution is 5.92. The van der Waals surface area contributed by atoms with Gasteiger partial charge in [0.15, 0.2) is 0 Å². The van der Waals surface area contributed by atoms with Gasteiger partial charge in [0, 0.05) is 26.2 Å². The number of aryl methyl sites for hydroxylation is 1. The molecular weight excluding hydrogens is 166 g/mol. The Morgan fingerprint density at radius 2 is 2.62 bits per heavy atom. The molecule has 0 aliphatic carbocycles. The van der Waals surface area contributed by atoms with Crippen LogP contribution in [0, 0.1) is 12.3 Å². The second kappa shape index (κ2) is 4.31. The van der Waals surface area contributed by atoms with Crippen molar-refractivity contribution in [2.75, 3.05) is 6.54 Å². The van der Waals surface area contributed by atoms with Gasteiger partial charge in [-0.2, -0.15) is 5.10 Å². The van der Waals surface area contributed by atoms with Gasteiger partial charge in [0.2, 0.25) is 0 Å². The van der Waals surface area contributed by atoms with Crippen LogP contribution in [0.3, 0.4) is 0 Å². The summed E-state index contributed by atoms with van der Waals surface area (Å²) in [6.45, 7) is 0.492. The lowest BCUT2D eigenvalue weighted by molar-refractivity contribution is 0.0949. The molecule has 0 radical (unpaired) electrons. The third-order valence-electron chi connectivity index (χ3n) is 1.50. The number of aromatic nitrogens is 2. The molecule has 1 aromatic rings. The SMILES string of the molecule is C#CCCNC(=O)c1ccn(C)n1. The average Bonchev–Trinajstić information content (AvgIpc) is 2.52. The summed E-state index contributed by atoms with van der Waals surface area (Å²) < 4.78 is 1.58. The second-order valence-electron chi connectivity index (χ2n) is 2.58. The first-order chi connectivity index (χ1) is 6.24. The standard InChI is InChI=1S/C9H11N3O/c1-3-4-6-10-9(13)8-5-7-12(2)11-8/h1,5,7H,4,6H2,2H3,(H,10,13). The molecule has 1 rings (SSSR count). The number of amides is 1. The van der Waals surface area contributed by atoms with E-state index in [1.165, 1.54) is 0 Å². The molecule has 0 saturated heterocycles. The van der Waals surface area contributed by atoms with E-state index in [0.29, 0.717) is 18.7 Å². The molecule has 0 aliphatic heterocycles. The summed E-state index contributed by atoms with van der Waals surface area (Å²) in [5.41, 5.74) is 0.416. The molecule has 0 aliphatic rings. The van der Waals surface area contributed by atoms with E-state index in [0.717, 1.165) is 0 Å². The van der Waals surface area contributed by atoms with Gasteiger partial charge in [-0.15, -0.1) is 12.3 Å². The number of nitrogens with zero attached hydrogens (tertiary/aromatic N) is 2. The highest BCUT2D eigenvalue weighted by Crippen LogP contribution is 1.92. The van der Waals surface area contributed by atoms with E-state index in [1.54, 1.807) is 24.0 Å². The fraction of sp³-hybridized carbons (Fsp3) is 0.333. The number of terminal acetylenes is 1. The summed E-state index contributed by atoms with van der Waals surface area (Å²) in [6.07, 6.45) is 7.30. The Balaban J connectivity index is 2.45. The van der Waals surface area contributed by atoms with Crippen LogP contribution in [0.5, 0.6) is 0 Å². The molecular formula is C9H11N3O. The summed E-state index contributed by atoms with van der Waals surface area (Å²) in [7, 11) is 1.76. The van der Waals surface area contributed by atoms with Crippen molar-refractivity contribution in [2.24, 2.45) is 7.05 Å². The maximum atomic E-state index is 11.3. The molecule has 1 aromatic heterocycles. The van der Waals surface area contributed by atoms with E-state index in [-0.39, 0.29) is 5.91 Å². The topological polar surface area (TPSA) is 46.9 Å². The van der Waals surface area contributed by atoms with Crippen molar-refractivity contribution < 1.29 is 4.79 Å². The van der Waals surface area contributed by atoms with Crippen molar-refractivity contribution in [3.8, 4) is 12.3 Å². The number of hydrogen-bond acceptors (Lipinski definition) is 2. The van der Waals surface area contributed by atoms with Crippen LogP contribution < -0.4 is 5.32 Å². The van der Waals surface area contributed by atoms with E-state index in [9.17, 15) is 4.79 Å². The molecule has 13 heavy (non-hydrogen) atoms. The Kier molecular flexibility index (Phi) is 3.09. The van der Waals surface area contributed by atoms with Crippen molar-refractivity contribution in [1.82, 2.24) is 15.1 Å². The minimum Gasteiger partial charge on any atom is -0.350 e. The molecule has 1 heterocycles. The third-order valence-corrected chi connectivity index (χ3v) is 1.50. The normalized spacial score (nSPS) is 9.23. The third kappa shape index (κ3) is 2.64. The summed E-state index contributed by atoms with van der Waals surface area (Å²) in [5, 5.41) is 6.60. The van der Waals surface area contributed by atoms with Crippen LogP contribution in [-0.4, -0.2) is 22.2 Å². The number of rotatable bonds is 3. The predicted octanol–water partition coefficient (Wildman–Crippen LogP) is 0.173. The Morgan fingerprint density at radius 1 is 1.85 bits per heavy atom. The first kappa shape index (κ1) is 9.33. The zero-order chi connectivity index (χ0) is 9.68. The molecule has 1 N–H and O–H groups in total. The molecule has 0 fully saturated rings. The Labute approximate surface area is 76.9 Å². The number of nitrogens with one attached hydrogen (secondary N) is 1. The zero-order valence-electron chi connectivity index (χ0n) is 7.45. The molecule has 0 spiro atoms. The van der Waals surface area contributed by atoms with Gasteiger partial charge in [-0.05, 0) is 6.07 Å². The fourth-order valence-electron chi connectivity index (χ4n) is 0.875. The molecule has 0 saturated carbocycles. The van der Waals surface area contributed by atoms with Crippen LogP contribution in [0.2, 0.25) is 0 Å². The lowest BCUT2D eigenvalue weighted by Crippen LogP contribution is -2.24. The quantitative estimate of drug-likeness (QED) is 0.528. The van der Waals surface area contributed by atoms with Crippen molar-refractivity contribution in [3.05, 3.63) is 18.0 Å². The van der Waals surface area contributed by atoms with Crippen molar-refractivity contribution in [3.63, 3.8) is 0 Å². The molecule has 1 amide bonds. The van der Waals surface area contributed by atoms with Crippen LogP contribution in [0.4, 0.5) is 0 Å². The van der Waals surface area contributed by atoms with Gasteiger partial charge < -0.3 is 5.32 Å². The summed E-state index contributed by atoms with van der Waals surface area (Å²) in [5.74, 6) is 2.25. The first-order valence-electron chi connectivity index (χ1n) is 3.95. The molecule has 4 nitrogen and oxygen atoms in total. The second-order valence-corrected chi connectivity index (χ2v) is 2.58. The number of carbonyl (C=O) groups excluding carboxylic acids is 1. The summed E-state index contributed by atoms with van der Waals surface area (Å²) >= 11 is 0. The fourth-order valence-corrected chi connectivity index (χ4v) is 0.875. The van der Waals surface area contributed by atoms with Gasteiger partial charge in [0.05, 0.1) is 0 Å². The highest BCUT2D eigenvalue weighted by atomic mass is 16.1. The van der Waals surface area contributed by atoms with Gasteiger partial charge in [-0.3, -0.25) is 9.48 Å². The lowest BCUT2D eigenvalue weighted by Gasteiger charge is -1.98. The van der Waals surface area contributed by atoms with Crippen LogP contribution in [0.15, 0.2) is 12.3 Å². The van der Waals surface area contributed by atoms with Crippen LogP contribution in [0.1, 0.15) is 16.9 Å². The maximum absolute atomic E-state index is 11.3. The van der Waals surface area contributed by atoms with Gasteiger partial charge in [0.1, 0.15) is 5.69 Å². The van der Waals surface area contributed by atoms with Gasteiger partial charge in [-0.25, -0.2) is 0 Å². The number of carbonyl (C=O) groups is 1. The largest absolute Gasteiger partial charge is 0.350 e. The summed E-state index contributed by atoms with van der Waals surface area (Å²) in [6, 6.07) is 1.66. The molecule has 0 aromatic carbocycles. The Hall–Kier alpha value is -1.76. The van der Waals surface area contributed by atoms with E-state index >= 15 is 0 Å². The van der Waals surface area contributed by atoms with Crippen molar-refractivity contribution in [1.29, 1.82) is 0 Å². The molecule has 68 valence electrons. The van der Waals surface area contributed by atoms with Gasteiger partial charge in [-0.1, -0.05) is 0 Å². The van der Waals surface area contributed by atoms with E-state index < -0.39 is 0 Å². The lowest BCUT2D eigenvalue weighted by atomic mass is 10.4. The van der Waals surface area contributed by atoms with Crippen molar-refractivity contribution in [2.45, 2.75) is 6.42 Å². The predicted molar refractivity (Wildman–Crippen MR) is 49.0 cm³/mol. The van der Waals surface area contributed by atoms with Crippen LogP contribution >= 0.6 is 0 Å². The van der Waals surface area contributed by atoms with Crippen molar-refractivity contribution >= 4 is 5.91 Å². The first-order valence-corrected chi connectivity index (χ1v) is 3.95. The monoisotopic (exact) mass is 177 g/mol.